The van der Waals surface area contributed by atoms with E-state index in [0.717, 1.165) is 0 Å². The number of amides is 2. The highest BCUT2D eigenvalue weighted by atomic mass is 16.2. The second kappa shape index (κ2) is 4.38. The number of rotatable bonds is 2. The van der Waals surface area contributed by atoms with E-state index in [9.17, 15) is 9.59 Å². The van der Waals surface area contributed by atoms with Crippen molar-refractivity contribution in [3.05, 3.63) is 24.0 Å². The zero-order valence-corrected chi connectivity index (χ0v) is 8.98. The van der Waals surface area contributed by atoms with Gasteiger partial charge in [-0.15, -0.1) is 0 Å². The lowest BCUT2D eigenvalue weighted by atomic mass is 9.96. The first-order chi connectivity index (χ1) is 7.68. The van der Waals surface area contributed by atoms with Crippen molar-refractivity contribution >= 4 is 11.8 Å². The average Bonchev–Trinajstić information content (AvgIpc) is 2.81. The van der Waals surface area contributed by atoms with Crippen LogP contribution >= 0.6 is 0 Å². The summed E-state index contributed by atoms with van der Waals surface area (Å²) in [4.78, 5) is 27.5. The third-order valence-electron chi connectivity index (χ3n) is 3.01. The predicted octanol–water partition coefficient (Wildman–Crippen LogP) is 0.352. The summed E-state index contributed by atoms with van der Waals surface area (Å²) in [7, 11) is 0. The molecule has 0 saturated carbocycles. The Kier molecular flexibility index (Phi) is 2.94. The molecule has 1 aliphatic heterocycles. The molecule has 1 saturated heterocycles. The molecule has 0 aromatic carbocycles. The fraction of sp³-hybridized carbons (Fsp3) is 0.455. The first-order valence-corrected chi connectivity index (χ1v) is 5.40. The molecular formula is C11H15N3O2. The number of nitrogens with one attached hydrogen (secondary N) is 1. The van der Waals surface area contributed by atoms with E-state index in [0.29, 0.717) is 31.6 Å². The summed E-state index contributed by atoms with van der Waals surface area (Å²) < 4.78 is 0. The topological polar surface area (TPSA) is 79.2 Å². The summed E-state index contributed by atoms with van der Waals surface area (Å²) in [6.07, 6.45) is 3.06. The van der Waals surface area contributed by atoms with E-state index >= 15 is 0 Å². The molecule has 5 heteroatoms. The monoisotopic (exact) mass is 221 g/mol. The minimum atomic E-state index is -0.257. The number of primary amides is 1. The van der Waals surface area contributed by atoms with Crippen LogP contribution in [-0.4, -0.2) is 34.8 Å². The molecule has 2 amide bonds. The fourth-order valence-electron chi connectivity index (χ4n) is 2.00. The van der Waals surface area contributed by atoms with Crippen molar-refractivity contribution in [2.45, 2.75) is 12.8 Å². The summed E-state index contributed by atoms with van der Waals surface area (Å²) in [6, 6.07) is 3.55. The van der Waals surface area contributed by atoms with Crippen molar-refractivity contribution in [2.24, 2.45) is 11.7 Å². The number of H-pyrrole nitrogens is 1. The van der Waals surface area contributed by atoms with Crippen molar-refractivity contribution in [1.29, 1.82) is 0 Å². The first-order valence-electron chi connectivity index (χ1n) is 5.40. The molecule has 0 radical (unpaired) electrons. The zero-order chi connectivity index (χ0) is 11.5. The van der Waals surface area contributed by atoms with Crippen LogP contribution in [0.15, 0.2) is 18.3 Å². The summed E-state index contributed by atoms with van der Waals surface area (Å²) in [5.74, 6) is -0.340. The van der Waals surface area contributed by atoms with Gasteiger partial charge in [-0.05, 0) is 25.0 Å². The second-order valence-corrected chi connectivity index (χ2v) is 4.05. The smallest absolute Gasteiger partial charge is 0.270 e. The van der Waals surface area contributed by atoms with Gasteiger partial charge in [0.1, 0.15) is 5.69 Å². The van der Waals surface area contributed by atoms with Crippen molar-refractivity contribution in [3.63, 3.8) is 0 Å². The highest BCUT2D eigenvalue weighted by Gasteiger charge is 2.26. The van der Waals surface area contributed by atoms with Gasteiger partial charge in [-0.1, -0.05) is 0 Å². The van der Waals surface area contributed by atoms with Gasteiger partial charge in [0.15, 0.2) is 0 Å². The van der Waals surface area contributed by atoms with E-state index in [1.165, 1.54) is 0 Å². The van der Waals surface area contributed by atoms with Gasteiger partial charge >= 0.3 is 0 Å². The normalized spacial score (nSPS) is 17.4. The Labute approximate surface area is 93.6 Å². The molecule has 86 valence electrons. The van der Waals surface area contributed by atoms with Crippen LogP contribution in [0.4, 0.5) is 0 Å². The van der Waals surface area contributed by atoms with Crippen molar-refractivity contribution in [3.8, 4) is 0 Å². The Balaban J connectivity index is 1.94. The number of aromatic nitrogens is 1. The number of piperidine rings is 1. The number of aromatic amines is 1. The molecule has 5 nitrogen and oxygen atoms in total. The molecule has 0 unspecified atom stereocenters. The lowest BCUT2D eigenvalue weighted by Gasteiger charge is -2.30. The van der Waals surface area contributed by atoms with Crippen LogP contribution in [0.5, 0.6) is 0 Å². The molecule has 3 N–H and O–H groups in total. The number of nitrogens with zero attached hydrogens (tertiary/aromatic N) is 1. The molecular weight excluding hydrogens is 206 g/mol. The van der Waals surface area contributed by atoms with Crippen molar-refractivity contribution in [1.82, 2.24) is 9.88 Å². The molecule has 2 heterocycles. The largest absolute Gasteiger partial charge is 0.369 e. The Morgan fingerprint density at radius 1 is 1.38 bits per heavy atom. The molecule has 16 heavy (non-hydrogen) atoms. The Morgan fingerprint density at radius 3 is 2.56 bits per heavy atom. The van der Waals surface area contributed by atoms with Crippen LogP contribution in [0.25, 0.3) is 0 Å². The summed E-state index contributed by atoms with van der Waals surface area (Å²) in [6.45, 7) is 1.21. The fourth-order valence-corrected chi connectivity index (χ4v) is 2.00. The maximum absolute atomic E-state index is 11.9. The van der Waals surface area contributed by atoms with Crippen LogP contribution in [0.1, 0.15) is 23.3 Å². The van der Waals surface area contributed by atoms with Crippen molar-refractivity contribution < 1.29 is 9.59 Å². The van der Waals surface area contributed by atoms with Crippen LogP contribution in [0.2, 0.25) is 0 Å². The Hall–Kier alpha value is -1.78. The van der Waals surface area contributed by atoms with Crippen LogP contribution < -0.4 is 5.73 Å². The number of hydrogen-bond donors (Lipinski definition) is 2. The molecule has 1 fully saturated rings. The van der Waals surface area contributed by atoms with Crippen LogP contribution in [0, 0.1) is 5.92 Å². The van der Waals surface area contributed by atoms with E-state index in [4.69, 9.17) is 5.73 Å². The van der Waals surface area contributed by atoms with Gasteiger partial charge in [-0.3, -0.25) is 9.59 Å². The standard InChI is InChI=1S/C11H15N3O2/c12-10(15)8-3-6-14(7-4-8)11(16)9-2-1-5-13-9/h1-2,5,8,13H,3-4,6-7H2,(H2,12,15). The van der Waals surface area contributed by atoms with E-state index in [-0.39, 0.29) is 17.7 Å². The predicted molar refractivity (Wildman–Crippen MR) is 58.6 cm³/mol. The molecule has 2 rings (SSSR count). The summed E-state index contributed by atoms with van der Waals surface area (Å²) in [5.41, 5.74) is 5.83. The average molecular weight is 221 g/mol. The van der Waals surface area contributed by atoms with Crippen LogP contribution in [-0.2, 0) is 4.79 Å². The molecule has 0 bridgehead atoms. The first kappa shape index (κ1) is 10.7. The van der Waals surface area contributed by atoms with E-state index in [1.807, 2.05) is 0 Å². The van der Waals surface area contributed by atoms with Gasteiger partial charge in [0.2, 0.25) is 5.91 Å². The highest BCUT2D eigenvalue weighted by Crippen LogP contribution is 2.18. The molecule has 0 aliphatic carbocycles. The molecule has 1 aliphatic rings. The maximum Gasteiger partial charge on any atom is 0.270 e. The summed E-state index contributed by atoms with van der Waals surface area (Å²) >= 11 is 0. The Bertz CT molecular complexity index is 378. The van der Waals surface area contributed by atoms with E-state index in [1.54, 1.807) is 23.2 Å². The van der Waals surface area contributed by atoms with E-state index in [2.05, 4.69) is 4.98 Å². The van der Waals surface area contributed by atoms with Gasteiger partial charge in [0.25, 0.3) is 5.91 Å². The SMILES string of the molecule is NC(=O)C1CCN(C(=O)c2ccc[nH]2)CC1. The van der Waals surface area contributed by atoms with Crippen LogP contribution in [0.3, 0.4) is 0 Å². The molecule has 1 aromatic heterocycles. The van der Waals surface area contributed by atoms with Gasteiger partial charge in [0.05, 0.1) is 0 Å². The highest BCUT2D eigenvalue weighted by molar-refractivity contribution is 5.92. The second-order valence-electron chi connectivity index (χ2n) is 4.05. The Morgan fingerprint density at radius 2 is 2.06 bits per heavy atom. The maximum atomic E-state index is 11.9. The molecule has 0 spiro atoms. The number of carbonyl (C=O) groups is 2. The number of nitrogens with two attached hydrogens (primary N) is 1. The minimum Gasteiger partial charge on any atom is -0.369 e. The quantitative estimate of drug-likeness (QED) is 0.755. The lowest BCUT2D eigenvalue weighted by Crippen LogP contribution is -2.41. The molecule has 0 atom stereocenters. The van der Waals surface area contributed by atoms with Gasteiger partial charge in [-0.2, -0.15) is 0 Å². The third kappa shape index (κ3) is 2.08. The molecule has 1 aromatic rings. The van der Waals surface area contributed by atoms with E-state index < -0.39 is 0 Å². The number of hydrogen-bond acceptors (Lipinski definition) is 2. The van der Waals surface area contributed by atoms with Gasteiger partial charge < -0.3 is 15.6 Å². The summed E-state index contributed by atoms with van der Waals surface area (Å²) in [5, 5.41) is 0. The minimum absolute atomic E-state index is 0.00656. The van der Waals surface area contributed by atoms with Gasteiger partial charge in [0, 0.05) is 25.2 Å². The number of carbonyl (C=O) groups excluding carboxylic acids is 2. The number of likely N-dealkylation sites (tertiary alicyclic amines) is 1. The lowest BCUT2D eigenvalue weighted by molar-refractivity contribution is -0.123. The van der Waals surface area contributed by atoms with Gasteiger partial charge in [-0.25, -0.2) is 0 Å². The van der Waals surface area contributed by atoms with Crippen molar-refractivity contribution in [2.75, 3.05) is 13.1 Å². The zero-order valence-electron chi connectivity index (χ0n) is 8.98. The third-order valence-corrected chi connectivity index (χ3v) is 3.01.